The Morgan fingerprint density at radius 2 is 1.63 bits per heavy atom. The molecule has 1 aliphatic heterocycles. The van der Waals surface area contributed by atoms with Crippen molar-refractivity contribution < 1.29 is 48.0 Å². The van der Waals surface area contributed by atoms with Crippen LogP contribution in [0, 0.1) is 11.8 Å². The minimum atomic E-state index is -4.88. The van der Waals surface area contributed by atoms with E-state index >= 15 is 0 Å². The minimum Gasteiger partial charge on any atom is -0.510 e. The van der Waals surface area contributed by atoms with Crippen molar-refractivity contribution in [1.29, 1.82) is 0 Å². The predicted octanol–water partition coefficient (Wildman–Crippen LogP) is 2.25. The third kappa shape index (κ3) is 3.85. The molecule has 0 aromatic heterocycles. The summed E-state index contributed by atoms with van der Waals surface area (Å²) in [7, 11) is 2.94. The van der Waals surface area contributed by atoms with Crippen LogP contribution in [-0.4, -0.2) is 79.0 Å². The Morgan fingerprint density at radius 3 is 2.15 bits per heavy atom. The van der Waals surface area contributed by atoms with Gasteiger partial charge in [-0.3, -0.25) is 24.2 Å². The number of phenolic OH excluding ortho intramolecular Hbond substituents is 1. The number of rotatable bonds is 2. The van der Waals surface area contributed by atoms with E-state index in [4.69, 9.17) is 5.73 Å². The van der Waals surface area contributed by atoms with Gasteiger partial charge in [0.05, 0.1) is 17.2 Å². The van der Waals surface area contributed by atoms with Gasteiger partial charge in [-0.15, -0.1) is 0 Å². The van der Waals surface area contributed by atoms with Crippen molar-refractivity contribution in [2.75, 3.05) is 14.1 Å². The van der Waals surface area contributed by atoms with Crippen LogP contribution in [-0.2, 0) is 35.3 Å². The van der Waals surface area contributed by atoms with Gasteiger partial charge in [0.15, 0.2) is 11.4 Å². The molecule has 4 atom stereocenters. The third-order valence-electron chi connectivity index (χ3n) is 9.04. The number of benzene rings is 1. The molecule has 0 unspecified atom stereocenters. The zero-order valence-corrected chi connectivity index (χ0v) is 23.2. The molecule has 0 fully saturated rings. The van der Waals surface area contributed by atoms with Gasteiger partial charge in [-0.25, -0.2) is 0 Å². The van der Waals surface area contributed by atoms with E-state index in [0.29, 0.717) is 0 Å². The van der Waals surface area contributed by atoms with Crippen LogP contribution in [0.25, 0.3) is 0 Å². The number of phenols is 1. The first kappa shape index (κ1) is 29.1. The van der Waals surface area contributed by atoms with Gasteiger partial charge in [-0.05, 0) is 64.8 Å². The average molecular weight is 580 g/mol. The van der Waals surface area contributed by atoms with Gasteiger partial charge in [0, 0.05) is 35.7 Å². The Morgan fingerprint density at radius 1 is 1.05 bits per heavy atom. The van der Waals surface area contributed by atoms with Crippen LogP contribution in [0.5, 0.6) is 5.75 Å². The van der Waals surface area contributed by atoms with E-state index in [2.05, 4.69) is 0 Å². The zero-order chi connectivity index (χ0) is 30.7. The van der Waals surface area contributed by atoms with Crippen LogP contribution >= 0.6 is 0 Å². The smallest absolute Gasteiger partial charge is 0.417 e. The Balaban J connectivity index is 1.76. The highest BCUT2D eigenvalue weighted by Gasteiger charge is 2.63. The summed E-state index contributed by atoms with van der Waals surface area (Å²) in [5, 5.41) is 45.1. The molecule has 222 valence electrons. The number of amides is 1. The van der Waals surface area contributed by atoms with Gasteiger partial charge >= 0.3 is 6.18 Å². The summed E-state index contributed by atoms with van der Waals surface area (Å²) in [5.74, 6) is -8.86. The van der Waals surface area contributed by atoms with Gasteiger partial charge in [-0.1, -0.05) is 0 Å². The molecule has 1 aromatic carbocycles. The summed E-state index contributed by atoms with van der Waals surface area (Å²) in [5.41, 5.74) is -1.79. The number of fused-ring (bicyclic) bond motifs is 4. The van der Waals surface area contributed by atoms with Crippen LogP contribution in [0.15, 0.2) is 22.7 Å². The van der Waals surface area contributed by atoms with E-state index in [9.17, 15) is 48.0 Å². The molecular formula is C28H32F3N3O7. The molecule has 0 radical (unpaired) electrons. The largest absolute Gasteiger partial charge is 0.510 e. The molecule has 0 saturated heterocycles. The maximum absolute atomic E-state index is 14.7. The number of allylic oxidation sites excluding steroid dienone is 1. The second-order valence-electron chi connectivity index (χ2n) is 12.5. The lowest BCUT2D eigenvalue weighted by Crippen LogP contribution is -2.63. The Kier molecular flexibility index (Phi) is 6.24. The minimum absolute atomic E-state index is 0.0458. The van der Waals surface area contributed by atoms with Crippen molar-refractivity contribution in [2.45, 2.75) is 70.1 Å². The molecule has 1 aromatic rings. The first-order valence-corrected chi connectivity index (χ1v) is 13.1. The number of carbonyl (C=O) groups is 3. The first-order valence-electron chi connectivity index (χ1n) is 13.1. The fourth-order valence-electron chi connectivity index (χ4n) is 7.09. The average Bonchev–Trinajstić information content (AvgIpc) is 3.26. The van der Waals surface area contributed by atoms with Crippen LogP contribution in [0.3, 0.4) is 0 Å². The van der Waals surface area contributed by atoms with E-state index in [0.717, 1.165) is 0 Å². The molecule has 0 bridgehead atoms. The number of ketones is 2. The highest BCUT2D eigenvalue weighted by atomic mass is 19.4. The SMILES string of the molecule is CN(C)[C@@H]1C(O)=C(C(N)=O)C(=O)[C@@]2(O)C(O)=C3C(=O)c4c(O)c5c(c(C(F)(F)F)c4C[C@H]3C[C@@H]12)CN(C(C)(C)C)C5. The molecule has 10 nitrogen and oxygen atoms in total. The Bertz CT molecular complexity index is 1490. The second kappa shape index (κ2) is 8.79. The second-order valence-corrected chi connectivity index (χ2v) is 12.5. The predicted molar refractivity (Wildman–Crippen MR) is 138 cm³/mol. The summed E-state index contributed by atoms with van der Waals surface area (Å²) >= 11 is 0. The number of likely N-dealkylation sites (N-methyl/N-ethyl adjacent to an activating group) is 1. The Hall–Kier alpha value is -3.42. The summed E-state index contributed by atoms with van der Waals surface area (Å²) in [6, 6.07) is -1.24. The van der Waals surface area contributed by atoms with Gasteiger partial charge in [0.2, 0.25) is 5.78 Å². The lowest BCUT2D eigenvalue weighted by atomic mass is 9.58. The number of alkyl halides is 3. The fraction of sp³-hybridized carbons (Fsp3) is 0.536. The monoisotopic (exact) mass is 579 g/mol. The van der Waals surface area contributed by atoms with Crippen molar-refractivity contribution >= 4 is 17.5 Å². The fourth-order valence-corrected chi connectivity index (χ4v) is 7.09. The molecule has 4 aliphatic rings. The molecule has 6 N–H and O–H groups in total. The van der Waals surface area contributed by atoms with E-state index < -0.39 is 104 Å². The van der Waals surface area contributed by atoms with Gasteiger partial charge in [0.25, 0.3) is 5.91 Å². The number of primary amides is 1. The Labute approximate surface area is 233 Å². The lowest BCUT2D eigenvalue weighted by molar-refractivity contribution is -0.148. The number of aliphatic hydroxyl groups excluding tert-OH is 2. The summed E-state index contributed by atoms with van der Waals surface area (Å²) in [4.78, 5) is 42.5. The number of Topliss-reactive ketones (excluding diaryl/α,β-unsaturated/α-hetero) is 2. The number of aliphatic hydroxyl groups is 3. The van der Waals surface area contributed by atoms with Gasteiger partial charge in [-0.2, -0.15) is 13.2 Å². The molecule has 3 aliphatic carbocycles. The van der Waals surface area contributed by atoms with Crippen molar-refractivity contribution in [2.24, 2.45) is 17.6 Å². The number of aromatic hydroxyl groups is 1. The quantitative estimate of drug-likeness (QED) is 0.331. The van der Waals surface area contributed by atoms with Gasteiger partial charge < -0.3 is 26.2 Å². The van der Waals surface area contributed by atoms with E-state index in [1.54, 1.807) is 4.90 Å². The molecule has 0 spiro atoms. The maximum atomic E-state index is 14.7. The maximum Gasteiger partial charge on any atom is 0.417 e. The molecule has 0 saturated carbocycles. The van der Waals surface area contributed by atoms with E-state index in [1.807, 2.05) is 20.8 Å². The van der Waals surface area contributed by atoms with Crippen molar-refractivity contribution in [3.05, 3.63) is 50.5 Å². The van der Waals surface area contributed by atoms with E-state index in [1.165, 1.54) is 19.0 Å². The van der Waals surface area contributed by atoms with Crippen molar-refractivity contribution in [1.82, 2.24) is 9.80 Å². The summed E-state index contributed by atoms with van der Waals surface area (Å²) in [6.45, 7) is 5.29. The number of halogens is 3. The van der Waals surface area contributed by atoms with Crippen LogP contribution < -0.4 is 5.73 Å². The van der Waals surface area contributed by atoms with Crippen molar-refractivity contribution in [3.63, 3.8) is 0 Å². The number of nitrogens with zero attached hydrogens (tertiary/aromatic N) is 2. The number of hydrogen-bond acceptors (Lipinski definition) is 9. The molecule has 41 heavy (non-hydrogen) atoms. The molecular weight excluding hydrogens is 547 g/mol. The van der Waals surface area contributed by atoms with Gasteiger partial charge in [0.1, 0.15) is 22.8 Å². The number of hydrogen-bond donors (Lipinski definition) is 5. The third-order valence-corrected chi connectivity index (χ3v) is 9.04. The summed E-state index contributed by atoms with van der Waals surface area (Å²) in [6.07, 6.45) is -5.60. The molecule has 1 amide bonds. The summed E-state index contributed by atoms with van der Waals surface area (Å²) < 4.78 is 44.1. The normalized spacial score (nSPS) is 28.6. The highest BCUT2D eigenvalue weighted by molar-refractivity contribution is 6.24. The van der Waals surface area contributed by atoms with E-state index in [-0.39, 0.29) is 30.6 Å². The lowest BCUT2D eigenvalue weighted by Gasteiger charge is -2.50. The van der Waals surface area contributed by atoms with Crippen molar-refractivity contribution in [3.8, 4) is 5.75 Å². The molecule has 5 rings (SSSR count). The van der Waals surface area contributed by atoms with Crippen LogP contribution in [0.1, 0.15) is 59.8 Å². The zero-order valence-electron chi connectivity index (χ0n) is 23.2. The van der Waals surface area contributed by atoms with Crippen LogP contribution in [0.2, 0.25) is 0 Å². The van der Waals surface area contributed by atoms with Crippen LogP contribution in [0.4, 0.5) is 13.2 Å². The number of nitrogens with two attached hydrogens (primary N) is 1. The first-order chi connectivity index (χ1) is 18.7. The molecule has 1 heterocycles. The topological polar surface area (TPSA) is 165 Å². The number of carbonyl (C=O) groups excluding carboxylic acids is 3. The highest BCUT2D eigenvalue weighted by Crippen LogP contribution is 2.55. The molecule has 13 heteroatoms. The standard InChI is InChI=1S/C28H32F3N3O7/c1-26(2,3)34-8-12-13(9-34)20(35)16-11(18(12)28(29,30)31)6-10-7-14-19(33(4)5)22(37)17(25(32)40)24(39)27(14,41)23(38)15(10)21(16)36/h10,14,19,35,37-38,41H,6-9H2,1-5H3,(H2,32,40)/t10-,14-,19-,27-/m0/s1.